The van der Waals surface area contributed by atoms with Crippen LogP contribution in [0.5, 0.6) is 0 Å². The number of halogens is 7. The molecule has 0 aliphatic carbocycles. The molecule has 3 nitrogen and oxygen atoms in total. The number of imidazole rings is 1. The van der Waals surface area contributed by atoms with Crippen molar-refractivity contribution in [1.82, 2.24) is 14.5 Å². The summed E-state index contributed by atoms with van der Waals surface area (Å²) >= 11 is -0.378. The predicted octanol–water partition coefficient (Wildman–Crippen LogP) is 5.60. The number of benzene rings is 1. The Kier molecular flexibility index (Phi) is 4.83. The van der Waals surface area contributed by atoms with Gasteiger partial charge in [0.15, 0.2) is 0 Å². The second kappa shape index (κ2) is 6.70. The standard InChI is InChI=1S/C16H10F7N3S/c1-26-11-3-2-8(15(19,20)21)6-10(11)25-13(26)9-4-5-24-7-12(9)27-16(22,23)14(17)18/h2-7,14H,1H3. The molecule has 2 heterocycles. The number of fused-ring (bicyclic) bond motifs is 1. The topological polar surface area (TPSA) is 30.7 Å². The van der Waals surface area contributed by atoms with Gasteiger partial charge in [-0.2, -0.15) is 22.0 Å². The number of hydrogen-bond acceptors (Lipinski definition) is 3. The molecular weight excluding hydrogens is 399 g/mol. The van der Waals surface area contributed by atoms with E-state index in [9.17, 15) is 30.7 Å². The molecule has 11 heteroatoms. The summed E-state index contributed by atoms with van der Waals surface area (Å²) in [6.07, 6.45) is -6.23. The van der Waals surface area contributed by atoms with Gasteiger partial charge in [-0.1, -0.05) is 0 Å². The van der Waals surface area contributed by atoms with E-state index >= 15 is 0 Å². The SMILES string of the molecule is Cn1c(-c2ccncc2SC(F)(F)C(F)F)nc2cc(C(F)(F)F)ccc21. The Bertz CT molecular complexity index is 982. The first-order valence-corrected chi connectivity index (χ1v) is 8.15. The van der Waals surface area contributed by atoms with E-state index < -0.39 is 23.4 Å². The third-order valence-corrected chi connectivity index (χ3v) is 4.73. The van der Waals surface area contributed by atoms with Crippen LogP contribution in [0.25, 0.3) is 22.4 Å². The van der Waals surface area contributed by atoms with Crippen LogP contribution in [0.1, 0.15) is 5.56 Å². The second-order valence-corrected chi connectivity index (χ2v) is 6.72. The first kappa shape index (κ1) is 19.5. The lowest BCUT2D eigenvalue weighted by atomic mass is 10.2. The highest BCUT2D eigenvalue weighted by molar-refractivity contribution is 8.00. The summed E-state index contributed by atoms with van der Waals surface area (Å²) in [7, 11) is 1.48. The Hall–Kier alpha value is -2.30. The van der Waals surface area contributed by atoms with Crippen molar-refractivity contribution < 1.29 is 30.7 Å². The van der Waals surface area contributed by atoms with Crippen molar-refractivity contribution in [2.24, 2.45) is 7.05 Å². The third kappa shape index (κ3) is 3.73. The summed E-state index contributed by atoms with van der Waals surface area (Å²) in [6, 6.07) is 4.20. The number of pyridine rings is 1. The van der Waals surface area contributed by atoms with Gasteiger partial charge in [0.05, 0.1) is 16.6 Å². The van der Waals surface area contributed by atoms with Crippen LogP contribution in [0.3, 0.4) is 0 Å². The molecule has 0 saturated carbocycles. The number of thioether (sulfide) groups is 1. The fourth-order valence-corrected chi connectivity index (χ4v) is 3.22. The molecule has 3 rings (SSSR count). The fraction of sp³-hybridized carbons (Fsp3) is 0.250. The molecule has 0 radical (unpaired) electrons. The van der Waals surface area contributed by atoms with Crippen LogP contribution >= 0.6 is 11.8 Å². The van der Waals surface area contributed by atoms with E-state index in [-0.39, 0.29) is 33.6 Å². The van der Waals surface area contributed by atoms with Crippen LogP contribution in [0.2, 0.25) is 0 Å². The van der Waals surface area contributed by atoms with Gasteiger partial charge in [-0.05, 0) is 36.0 Å². The van der Waals surface area contributed by atoms with Crippen LogP contribution < -0.4 is 0 Å². The van der Waals surface area contributed by atoms with E-state index in [0.29, 0.717) is 5.52 Å². The molecule has 144 valence electrons. The predicted molar refractivity (Wildman–Crippen MR) is 85.8 cm³/mol. The Balaban J connectivity index is 2.12. The molecule has 0 aliphatic rings. The zero-order valence-corrected chi connectivity index (χ0v) is 14.3. The van der Waals surface area contributed by atoms with Crippen LogP contribution in [0.15, 0.2) is 41.6 Å². The van der Waals surface area contributed by atoms with Gasteiger partial charge in [0.1, 0.15) is 5.82 Å². The quantitative estimate of drug-likeness (QED) is 0.415. The van der Waals surface area contributed by atoms with Crippen molar-refractivity contribution in [2.75, 3.05) is 0 Å². The Morgan fingerprint density at radius 1 is 1.07 bits per heavy atom. The molecule has 0 N–H and O–H groups in total. The Labute approximate surface area is 152 Å². The van der Waals surface area contributed by atoms with E-state index in [0.717, 1.165) is 18.3 Å². The zero-order chi connectivity index (χ0) is 20.0. The normalized spacial score (nSPS) is 12.9. The molecular formula is C16H10F7N3S. The van der Waals surface area contributed by atoms with Gasteiger partial charge in [0.2, 0.25) is 0 Å². The summed E-state index contributed by atoms with van der Waals surface area (Å²) in [6.45, 7) is 0. The third-order valence-electron chi connectivity index (χ3n) is 3.73. The van der Waals surface area contributed by atoms with Crippen LogP contribution in [-0.2, 0) is 13.2 Å². The lowest BCUT2D eigenvalue weighted by molar-refractivity contribution is -0.137. The van der Waals surface area contributed by atoms with Crippen LogP contribution in [0, 0.1) is 0 Å². The van der Waals surface area contributed by atoms with E-state index in [2.05, 4.69) is 9.97 Å². The smallest absolute Gasteiger partial charge is 0.327 e. The maximum atomic E-state index is 13.4. The first-order chi connectivity index (χ1) is 12.5. The maximum absolute atomic E-state index is 13.4. The van der Waals surface area contributed by atoms with Crippen molar-refractivity contribution in [1.29, 1.82) is 0 Å². The molecule has 0 spiro atoms. The highest BCUT2D eigenvalue weighted by Crippen LogP contribution is 2.44. The van der Waals surface area contributed by atoms with Crippen molar-refractivity contribution in [2.45, 2.75) is 22.8 Å². The molecule has 0 fully saturated rings. The van der Waals surface area contributed by atoms with Crippen molar-refractivity contribution in [3.63, 3.8) is 0 Å². The Morgan fingerprint density at radius 3 is 2.41 bits per heavy atom. The minimum absolute atomic E-state index is 0.00397. The first-order valence-electron chi connectivity index (χ1n) is 7.34. The summed E-state index contributed by atoms with van der Waals surface area (Å²) in [5.41, 5.74) is -0.530. The molecule has 2 aromatic heterocycles. The van der Waals surface area contributed by atoms with Gasteiger partial charge in [0, 0.05) is 29.9 Å². The number of aryl methyl sites for hydroxylation is 1. The molecule has 0 bridgehead atoms. The average Bonchev–Trinajstić information content (AvgIpc) is 2.90. The van der Waals surface area contributed by atoms with Crippen molar-refractivity contribution >= 4 is 22.8 Å². The number of hydrogen-bond donors (Lipinski definition) is 0. The van der Waals surface area contributed by atoms with Crippen LogP contribution in [-0.4, -0.2) is 26.2 Å². The van der Waals surface area contributed by atoms with Gasteiger partial charge in [0.25, 0.3) is 0 Å². The average molecular weight is 409 g/mol. The monoisotopic (exact) mass is 409 g/mol. The molecule has 0 unspecified atom stereocenters. The number of nitrogens with zero attached hydrogens (tertiary/aromatic N) is 3. The highest BCUT2D eigenvalue weighted by Gasteiger charge is 2.42. The lowest BCUT2D eigenvalue weighted by Crippen LogP contribution is -2.21. The summed E-state index contributed by atoms with van der Waals surface area (Å²) in [5.74, 6) is 0.0549. The van der Waals surface area contributed by atoms with E-state index in [1.807, 2.05) is 0 Å². The number of alkyl halides is 7. The van der Waals surface area contributed by atoms with Gasteiger partial charge in [-0.25, -0.2) is 13.8 Å². The number of rotatable bonds is 4. The van der Waals surface area contributed by atoms with Crippen molar-refractivity contribution in [3.8, 4) is 11.4 Å². The summed E-state index contributed by atoms with van der Waals surface area (Å²) < 4.78 is 91.9. The van der Waals surface area contributed by atoms with E-state index in [4.69, 9.17) is 0 Å². The highest BCUT2D eigenvalue weighted by atomic mass is 32.2. The van der Waals surface area contributed by atoms with Gasteiger partial charge >= 0.3 is 17.9 Å². The van der Waals surface area contributed by atoms with Gasteiger partial charge < -0.3 is 4.57 Å². The molecule has 3 aromatic rings. The molecule has 0 aliphatic heterocycles. The van der Waals surface area contributed by atoms with Crippen molar-refractivity contribution in [3.05, 3.63) is 42.2 Å². The molecule has 27 heavy (non-hydrogen) atoms. The Morgan fingerprint density at radius 2 is 1.78 bits per heavy atom. The van der Waals surface area contributed by atoms with E-state index in [1.54, 1.807) is 0 Å². The molecule has 0 saturated heterocycles. The molecule has 0 atom stereocenters. The minimum atomic E-state index is -4.57. The lowest BCUT2D eigenvalue weighted by Gasteiger charge is -2.16. The maximum Gasteiger partial charge on any atom is 0.416 e. The number of aromatic nitrogens is 3. The van der Waals surface area contributed by atoms with Crippen LogP contribution in [0.4, 0.5) is 30.7 Å². The van der Waals surface area contributed by atoms with Gasteiger partial charge in [-0.3, -0.25) is 4.98 Å². The fourth-order valence-electron chi connectivity index (χ4n) is 2.45. The molecule has 1 aromatic carbocycles. The largest absolute Gasteiger partial charge is 0.416 e. The second-order valence-electron chi connectivity index (χ2n) is 5.53. The summed E-state index contributed by atoms with van der Waals surface area (Å²) in [5, 5.41) is -4.36. The minimum Gasteiger partial charge on any atom is -0.327 e. The summed E-state index contributed by atoms with van der Waals surface area (Å²) in [4.78, 5) is 7.47. The van der Waals surface area contributed by atoms with Gasteiger partial charge in [-0.15, -0.1) is 0 Å². The van der Waals surface area contributed by atoms with E-state index in [1.165, 1.54) is 29.9 Å². The molecule has 0 amide bonds. The zero-order valence-electron chi connectivity index (χ0n) is 13.4.